The van der Waals surface area contributed by atoms with Gasteiger partial charge in [0, 0.05) is 0 Å². The maximum Gasteiger partial charge on any atom is 0.328 e. The Morgan fingerprint density at radius 1 is 1.43 bits per heavy atom. The van der Waals surface area contributed by atoms with Gasteiger partial charge in [0.2, 0.25) is 0 Å². The van der Waals surface area contributed by atoms with E-state index < -0.39 is 11.3 Å². The summed E-state index contributed by atoms with van der Waals surface area (Å²) in [5, 5.41) is -0.782. The van der Waals surface area contributed by atoms with Crippen molar-refractivity contribution < 1.29 is 14.3 Å². The molecule has 0 aromatic heterocycles. The lowest BCUT2D eigenvalue weighted by molar-refractivity contribution is -0.140. The van der Waals surface area contributed by atoms with Crippen molar-refractivity contribution in [3.8, 4) is 5.75 Å². The molecule has 0 aliphatic rings. The smallest absolute Gasteiger partial charge is 0.328 e. The van der Waals surface area contributed by atoms with Crippen LogP contribution in [0.1, 0.15) is 10.9 Å². The molecule has 4 heteroatoms. The first kappa shape index (κ1) is 10.9. The van der Waals surface area contributed by atoms with E-state index in [4.69, 9.17) is 16.3 Å². The second kappa shape index (κ2) is 4.86. The number of benzene rings is 1. The molecule has 0 N–H and O–H groups in total. The topological polar surface area (TPSA) is 35.5 Å². The molecule has 0 amide bonds. The van der Waals surface area contributed by atoms with Gasteiger partial charge in [-0.3, -0.25) is 4.79 Å². The zero-order chi connectivity index (χ0) is 10.6. The number of hydrogen-bond acceptors (Lipinski definition) is 3. The van der Waals surface area contributed by atoms with E-state index in [1.54, 1.807) is 31.4 Å². The number of hydrogen-bond donors (Lipinski definition) is 0. The minimum absolute atomic E-state index is 0.472. The van der Waals surface area contributed by atoms with Gasteiger partial charge in [-0.05, 0) is 17.7 Å². The number of esters is 1. The predicted molar refractivity (Wildman–Crippen MR) is 53.6 cm³/mol. The lowest BCUT2D eigenvalue weighted by Gasteiger charge is -2.08. The first-order chi connectivity index (χ1) is 6.69. The fourth-order valence-corrected chi connectivity index (χ4v) is 1.26. The SMILES string of the molecule is COC(=O)[C@@H](Cl)c1cccc(OC)c1. The molecular formula is C10H11ClO3. The summed E-state index contributed by atoms with van der Waals surface area (Å²) >= 11 is 5.86. The molecule has 0 aliphatic carbocycles. The van der Waals surface area contributed by atoms with Crippen molar-refractivity contribution in [3.05, 3.63) is 29.8 Å². The van der Waals surface area contributed by atoms with E-state index in [1.165, 1.54) is 7.11 Å². The van der Waals surface area contributed by atoms with Crippen LogP contribution in [0, 0.1) is 0 Å². The lowest BCUT2D eigenvalue weighted by atomic mass is 10.1. The highest BCUT2D eigenvalue weighted by Crippen LogP contribution is 2.24. The zero-order valence-corrected chi connectivity index (χ0v) is 8.75. The number of carbonyl (C=O) groups is 1. The zero-order valence-electron chi connectivity index (χ0n) is 7.99. The van der Waals surface area contributed by atoms with E-state index in [-0.39, 0.29) is 0 Å². The van der Waals surface area contributed by atoms with Crippen molar-refractivity contribution in [2.45, 2.75) is 5.38 Å². The fraction of sp³-hybridized carbons (Fsp3) is 0.300. The van der Waals surface area contributed by atoms with Gasteiger partial charge in [0.25, 0.3) is 0 Å². The first-order valence-electron chi connectivity index (χ1n) is 4.05. The van der Waals surface area contributed by atoms with Crippen LogP contribution in [0.25, 0.3) is 0 Å². The van der Waals surface area contributed by atoms with Crippen LogP contribution in [0.4, 0.5) is 0 Å². The Bertz CT molecular complexity index is 325. The van der Waals surface area contributed by atoms with Crippen molar-refractivity contribution in [1.29, 1.82) is 0 Å². The normalized spacial score (nSPS) is 11.9. The Morgan fingerprint density at radius 3 is 2.71 bits per heavy atom. The van der Waals surface area contributed by atoms with Crippen LogP contribution in [0.2, 0.25) is 0 Å². The average Bonchev–Trinajstić information content (AvgIpc) is 2.27. The lowest BCUT2D eigenvalue weighted by Crippen LogP contribution is -2.08. The molecule has 14 heavy (non-hydrogen) atoms. The van der Waals surface area contributed by atoms with Gasteiger partial charge >= 0.3 is 5.97 Å². The van der Waals surface area contributed by atoms with Crippen molar-refractivity contribution in [2.75, 3.05) is 14.2 Å². The second-order valence-corrected chi connectivity index (χ2v) is 3.10. The minimum atomic E-state index is -0.782. The molecule has 0 heterocycles. The van der Waals surface area contributed by atoms with Crippen LogP contribution < -0.4 is 4.74 Å². The molecular weight excluding hydrogens is 204 g/mol. The molecule has 76 valence electrons. The molecule has 0 spiro atoms. The number of halogens is 1. The van der Waals surface area contributed by atoms with Crippen LogP contribution in [0.15, 0.2) is 24.3 Å². The summed E-state index contributed by atoms with van der Waals surface area (Å²) < 4.78 is 9.54. The molecule has 1 aromatic rings. The quantitative estimate of drug-likeness (QED) is 0.571. The summed E-state index contributed by atoms with van der Waals surface area (Å²) in [4.78, 5) is 11.1. The Labute approximate surface area is 87.6 Å². The second-order valence-electron chi connectivity index (χ2n) is 2.66. The predicted octanol–water partition coefficient (Wildman–Crippen LogP) is 2.15. The van der Waals surface area contributed by atoms with Crippen molar-refractivity contribution in [1.82, 2.24) is 0 Å². The minimum Gasteiger partial charge on any atom is -0.497 e. The van der Waals surface area contributed by atoms with Gasteiger partial charge in [-0.25, -0.2) is 0 Å². The third-order valence-corrected chi connectivity index (χ3v) is 2.22. The number of methoxy groups -OCH3 is 2. The Balaban J connectivity index is 2.89. The monoisotopic (exact) mass is 214 g/mol. The molecule has 1 atom stereocenters. The van der Waals surface area contributed by atoms with Crippen molar-refractivity contribution in [3.63, 3.8) is 0 Å². The average molecular weight is 215 g/mol. The van der Waals surface area contributed by atoms with E-state index in [0.717, 1.165) is 0 Å². The maximum atomic E-state index is 11.1. The van der Waals surface area contributed by atoms with Crippen LogP contribution in [0.3, 0.4) is 0 Å². The third-order valence-electron chi connectivity index (χ3n) is 1.79. The van der Waals surface area contributed by atoms with Crippen LogP contribution >= 0.6 is 11.6 Å². The van der Waals surface area contributed by atoms with Crippen molar-refractivity contribution >= 4 is 17.6 Å². The van der Waals surface area contributed by atoms with Gasteiger partial charge in [-0.2, -0.15) is 0 Å². The molecule has 0 fully saturated rings. The highest BCUT2D eigenvalue weighted by atomic mass is 35.5. The molecule has 3 nitrogen and oxygen atoms in total. The molecule has 0 saturated carbocycles. The molecule has 0 aliphatic heterocycles. The molecule has 0 unspecified atom stereocenters. The highest BCUT2D eigenvalue weighted by Gasteiger charge is 2.18. The van der Waals surface area contributed by atoms with Crippen LogP contribution in [0.5, 0.6) is 5.75 Å². The number of alkyl halides is 1. The van der Waals surface area contributed by atoms with Gasteiger partial charge in [0.15, 0.2) is 5.38 Å². The van der Waals surface area contributed by atoms with Gasteiger partial charge in [0.1, 0.15) is 5.75 Å². The summed E-state index contributed by atoms with van der Waals surface area (Å²) in [5.41, 5.74) is 0.665. The molecule has 0 radical (unpaired) electrons. The van der Waals surface area contributed by atoms with E-state index in [0.29, 0.717) is 11.3 Å². The third kappa shape index (κ3) is 2.39. The van der Waals surface area contributed by atoms with Gasteiger partial charge in [-0.15, -0.1) is 11.6 Å². The summed E-state index contributed by atoms with van der Waals surface area (Å²) in [7, 11) is 2.86. The number of rotatable bonds is 3. The summed E-state index contributed by atoms with van der Waals surface area (Å²) in [6.45, 7) is 0. The van der Waals surface area contributed by atoms with Gasteiger partial charge in [0.05, 0.1) is 14.2 Å². The standard InChI is InChI=1S/C10H11ClO3/c1-13-8-5-3-4-7(6-8)9(11)10(12)14-2/h3-6,9H,1-2H3/t9-/m0/s1. The summed E-state index contributed by atoms with van der Waals surface area (Å²) in [5.74, 6) is 0.192. The van der Waals surface area contributed by atoms with Crippen LogP contribution in [-0.2, 0) is 9.53 Å². The van der Waals surface area contributed by atoms with E-state index in [9.17, 15) is 4.79 Å². The van der Waals surface area contributed by atoms with Gasteiger partial charge < -0.3 is 9.47 Å². The molecule has 0 bridgehead atoms. The van der Waals surface area contributed by atoms with E-state index >= 15 is 0 Å². The maximum absolute atomic E-state index is 11.1. The Kier molecular flexibility index (Phi) is 3.77. The summed E-state index contributed by atoms with van der Waals surface area (Å²) in [6.07, 6.45) is 0. The molecule has 0 saturated heterocycles. The fourth-order valence-electron chi connectivity index (χ4n) is 1.04. The number of ether oxygens (including phenoxy) is 2. The molecule has 1 aromatic carbocycles. The van der Waals surface area contributed by atoms with Gasteiger partial charge in [-0.1, -0.05) is 12.1 Å². The van der Waals surface area contributed by atoms with Crippen molar-refractivity contribution in [2.24, 2.45) is 0 Å². The summed E-state index contributed by atoms with van der Waals surface area (Å²) in [6, 6.07) is 7.00. The van der Waals surface area contributed by atoms with Crippen LogP contribution in [-0.4, -0.2) is 20.2 Å². The Hall–Kier alpha value is -1.22. The largest absolute Gasteiger partial charge is 0.497 e. The first-order valence-corrected chi connectivity index (χ1v) is 4.48. The van der Waals surface area contributed by atoms with E-state index in [1.807, 2.05) is 0 Å². The molecule has 1 rings (SSSR count). The number of carbonyl (C=O) groups excluding carboxylic acids is 1. The Morgan fingerprint density at radius 2 is 2.14 bits per heavy atom. The van der Waals surface area contributed by atoms with E-state index in [2.05, 4.69) is 4.74 Å². The highest BCUT2D eigenvalue weighted by molar-refractivity contribution is 6.29.